The summed E-state index contributed by atoms with van der Waals surface area (Å²) in [5.74, 6) is 2.42. The third-order valence-electron chi connectivity index (χ3n) is 3.29. The Morgan fingerprint density at radius 1 is 1.22 bits per heavy atom. The van der Waals surface area contributed by atoms with Gasteiger partial charge in [0, 0.05) is 18.1 Å². The molecule has 0 radical (unpaired) electrons. The lowest BCUT2D eigenvalue weighted by atomic mass is 10.1. The zero-order valence-corrected chi connectivity index (χ0v) is 10.5. The largest absolute Gasteiger partial charge is 0.381 e. The Labute approximate surface area is 104 Å². The summed E-state index contributed by atoms with van der Waals surface area (Å²) in [5, 5.41) is 7.93. The predicted molar refractivity (Wildman–Crippen MR) is 61.3 cm³/mol. The topological polar surface area (TPSA) is 74.2 Å². The normalized spacial score (nSPS) is 19.6. The van der Waals surface area contributed by atoms with Gasteiger partial charge in [0.2, 0.25) is 5.89 Å². The zero-order chi connectivity index (χ0) is 12.5. The van der Waals surface area contributed by atoms with Gasteiger partial charge in [-0.2, -0.15) is 4.98 Å². The van der Waals surface area contributed by atoms with E-state index in [0.29, 0.717) is 18.9 Å². The molecule has 0 N–H and O–H groups in total. The number of rotatable bonds is 3. The first-order valence-electron chi connectivity index (χ1n) is 6.06. The van der Waals surface area contributed by atoms with E-state index < -0.39 is 0 Å². The Hall–Kier alpha value is -1.69. The highest BCUT2D eigenvalue weighted by atomic mass is 16.5. The number of aryl methyl sites for hydroxylation is 2. The van der Waals surface area contributed by atoms with Crippen LogP contribution in [0, 0.1) is 13.8 Å². The fourth-order valence-corrected chi connectivity index (χ4v) is 2.15. The minimum absolute atomic E-state index is 0.271. The third-order valence-corrected chi connectivity index (χ3v) is 3.29. The van der Waals surface area contributed by atoms with Gasteiger partial charge in [0.15, 0.2) is 5.82 Å². The van der Waals surface area contributed by atoms with Crippen LogP contribution in [-0.2, 0) is 11.2 Å². The molecule has 96 valence electrons. The smallest absolute Gasteiger partial charge is 0.231 e. The van der Waals surface area contributed by atoms with Crippen molar-refractivity contribution in [2.75, 3.05) is 13.2 Å². The maximum Gasteiger partial charge on any atom is 0.231 e. The van der Waals surface area contributed by atoms with Gasteiger partial charge in [-0.1, -0.05) is 10.3 Å². The molecule has 18 heavy (non-hydrogen) atoms. The second kappa shape index (κ2) is 4.53. The molecule has 1 atom stereocenters. The van der Waals surface area contributed by atoms with Gasteiger partial charge in [-0.05, 0) is 20.3 Å². The van der Waals surface area contributed by atoms with E-state index in [1.807, 2.05) is 13.8 Å². The first kappa shape index (κ1) is 11.4. The second-order valence-corrected chi connectivity index (χ2v) is 4.59. The average Bonchev–Trinajstić information content (AvgIpc) is 3.06. The van der Waals surface area contributed by atoms with Crippen LogP contribution in [0.15, 0.2) is 9.05 Å². The standard InChI is InChI=1S/C12H15N3O3/c1-7-10(8(2)17-14-7)5-11-13-12(15-18-11)9-3-4-16-6-9/h9H,3-6H2,1-2H3/t9-/m0/s1. The Kier molecular flexibility index (Phi) is 2.87. The lowest BCUT2D eigenvalue weighted by Crippen LogP contribution is -2.00. The third kappa shape index (κ3) is 2.03. The van der Waals surface area contributed by atoms with Crippen LogP contribution in [0.5, 0.6) is 0 Å². The van der Waals surface area contributed by atoms with Crippen molar-refractivity contribution in [1.29, 1.82) is 0 Å². The summed E-state index contributed by atoms with van der Waals surface area (Å²) in [7, 11) is 0. The molecule has 6 heteroatoms. The highest BCUT2D eigenvalue weighted by Crippen LogP contribution is 2.23. The Morgan fingerprint density at radius 3 is 2.78 bits per heavy atom. The summed E-state index contributed by atoms with van der Waals surface area (Å²) in [6, 6.07) is 0. The molecule has 0 amide bonds. The van der Waals surface area contributed by atoms with Gasteiger partial charge in [-0.15, -0.1) is 0 Å². The van der Waals surface area contributed by atoms with Gasteiger partial charge in [0.25, 0.3) is 0 Å². The first-order valence-corrected chi connectivity index (χ1v) is 6.06. The Balaban J connectivity index is 1.77. The van der Waals surface area contributed by atoms with E-state index in [9.17, 15) is 0 Å². The van der Waals surface area contributed by atoms with Gasteiger partial charge in [-0.25, -0.2) is 0 Å². The fourth-order valence-electron chi connectivity index (χ4n) is 2.15. The summed E-state index contributed by atoms with van der Waals surface area (Å²) in [6.07, 6.45) is 1.53. The van der Waals surface area contributed by atoms with Crippen molar-refractivity contribution in [2.45, 2.75) is 32.6 Å². The molecule has 6 nitrogen and oxygen atoms in total. The monoisotopic (exact) mass is 249 g/mol. The molecule has 0 aromatic carbocycles. The maximum atomic E-state index is 5.32. The molecule has 3 heterocycles. The molecular weight excluding hydrogens is 234 g/mol. The minimum Gasteiger partial charge on any atom is -0.381 e. The van der Waals surface area contributed by atoms with E-state index in [4.69, 9.17) is 13.8 Å². The van der Waals surface area contributed by atoms with E-state index >= 15 is 0 Å². The van der Waals surface area contributed by atoms with Crippen molar-refractivity contribution < 1.29 is 13.8 Å². The van der Waals surface area contributed by atoms with E-state index in [2.05, 4.69) is 15.3 Å². The van der Waals surface area contributed by atoms with Crippen LogP contribution in [0.25, 0.3) is 0 Å². The van der Waals surface area contributed by atoms with Crippen molar-refractivity contribution in [1.82, 2.24) is 15.3 Å². The first-order chi connectivity index (χ1) is 8.74. The molecule has 1 fully saturated rings. The molecular formula is C12H15N3O3. The molecule has 1 saturated heterocycles. The summed E-state index contributed by atoms with van der Waals surface area (Å²) >= 11 is 0. The lowest BCUT2D eigenvalue weighted by molar-refractivity contribution is 0.192. The Bertz CT molecular complexity index is 521. The fraction of sp³-hybridized carbons (Fsp3) is 0.583. The summed E-state index contributed by atoms with van der Waals surface area (Å²) in [6.45, 7) is 5.26. The van der Waals surface area contributed by atoms with E-state index in [1.54, 1.807) is 0 Å². The van der Waals surface area contributed by atoms with Gasteiger partial charge in [0.05, 0.1) is 18.7 Å². The van der Waals surface area contributed by atoms with Crippen LogP contribution in [0.4, 0.5) is 0 Å². The van der Waals surface area contributed by atoms with Crippen LogP contribution in [0.2, 0.25) is 0 Å². The van der Waals surface area contributed by atoms with E-state index in [1.165, 1.54) is 0 Å². The molecule has 1 aliphatic heterocycles. The predicted octanol–water partition coefficient (Wildman–Crippen LogP) is 1.77. The van der Waals surface area contributed by atoms with Crippen LogP contribution in [0.1, 0.15) is 41.1 Å². The average molecular weight is 249 g/mol. The number of nitrogens with zero attached hydrogens (tertiary/aromatic N) is 3. The molecule has 0 unspecified atom stereocenters. The van der Waals surface area contributed by atoms with Gasteiger partial charge in [-0.3, -0.25) is 0 Å². The van der Waals surface area contributed by atoms with Crippen molar-refractivity contribution in [3.8, 4) is 0 Å². The molecule has 0 saturated carbocycles. The van der Waals surface area contributed by atoms with Crippen LogP contribution in [0.3, 0.4) is 0 Å². The number of hydrogen-bond acceptors (Lipinski definition) is 6. The van der Waals surface area contributed by atoms with Crippen molar-refractivity contribution in [2.24, 2.45) is 0 Å². The molecule has 0 bridgehead atoms. The second-order valence-electron chi connectivity index (χ2n) is 4.59. The van der Waals surface area contributed by atoms with E-state index in [0.717, 1.165) is 35.9 Å². The van der Waals surface area contributed by atoms with Crippen molar-refractivity contribution in [3.63, 3.8) is 0 Å². The van der Waals surface area contributed by atoms with Gasteiger partial charge in [0.1, 0.15) is 5.76 Å². The van der Waals surface area contributed by atoms with Crippen LogP contribution < -0.4 is 0 Å². The lowest BCUT2D eigenvalue weighted by Gasteiger charge is -1.97. The Morgan fingerprint density at radius 2 is 2.11 bits per heavy atom. The van der Waals surface area contributed by atoms with Crippen molar-refractivity contribution >= 4 is 0 Å². The molecule has 2 aromatic heterocycles. The zero-order valence-electron chi connectivity index (χ0n) is 10.5. The molecule has 2 aromatic rings. The highest BCUT2D eigenvalue weighted by Gasteiger charge is 2.23. The van der Waals surface area contributed by atoms with Gasteiger partial charge < -0.3 is 13.8 Å². The minimum atomic E-state index is 0.271. The SMILES string of the molecule is Cc1noc(C)c1Cc1nc([C@H]2CCOC2)no1. The maximum absolute atomic E-state index is 5.32. The number of hydrogen-bond donors (Lipinski definition) is 0. The molecule has 0 spiro atoms. The number of aromatic nitrogens is 3. The van der Waals surface area contributed by atoms with Gasteiger partial charge >= 0.3 is 0 Å². The molecule has 3 rings (SSSR count). The summed E-state index contributed by atoms with van der Waals surface area (Å²) < 4.78 is 15.7. The van der Waals surface area contributed by atoms with Crippen molar-refractivity contribution in [3.05, 3.63) is 28.7 Å². The molecule has 0 aliphatic carbocycles. The summed E-state index contributed by atoms with van der Waals surface area (Å²) in [4.78, 5) is 4.42. The number of ether oxygens (including phenoxy) is 1. The van der Waals surface area contributed by atoms with Crippen LogP contribution in [-0.4, -0.2) is 28.5 Å². The highest BCUT2D eigenvalue weighted by molar-refractivity contribution is 5.24. The van der Waals surface area contributed by atoms with Crippen LogP contribution >= 0.6 is 0 Å². The summed E-state index contributed by atoms with van der Waals surface area (Å²) in [5.41, 5.74) is 1.89. The molecule has 1 aliphatic rings. The van der Waals surface area contributed by atoms with E-state index in [-0.39, 0.29) is 5.92 Å². The quantitative estimate of drug-likeness (QED) is 0.825.